The maximum atomic E-state index is 13.5. The smallest absolute Gasteiger partial charge is 0.128 e. The Hall–Kier alpha value is -1.97. The molecule has 2 nitrogen and oxygen atoms in total. The Bertz CT molecular complexity index is 582. The van der Waals surface area contributed by atoms with E-state index in [1.54, 1.807) is 18.3 Å². The van der Waals surface area contributed by atoms with Crippen LogP contribution in [0.25, 0.3) is 11.1 Å². The molecule has 0 amide bonds. The van der Waals surface area contributed by atoms with Gasteiger partial charge in [-0.25, -0.2) is 9.37 Å². The topological polar surface area (TPSA) is 24.9 Å². The fourth-order valence-corrected chi connectivity index (χ4v) is 2.04. The number of nitrogens with zero attached hydrogens (tertiary/aromatic N) is 1. The normalized spacial score (nSPS) is 10.5. The van der Waals surface area contributed by atoms with Crippen LogP contribution in [0.1, 0.15) is 11.1 Å². The molecule has 0 aliphatic heterocycles. The molecular formula is C15H16F2N2. The summed E-state index contributed by atoms with van der Waals surface area (Å²) in [6.07, 6.45) is 1.83. The number of hydrogen-bond acceptors (Lipinski definition) is 2. The predicted octanol–water partition coefficient (Wildman–Crippen LogP) is 3.75. The van der Waals surface area contributed by atoms with Crippen LogP contribution >= 0.6 is 0 Å². The van der Waals surface area contributed by atoms with Crippen LogP contribution in [0.2, 0.25) is 0 Å². The number of halogens is 2. The number of rotatable bonds is 4. The van der Waals surface area contributed by atoms with Crippen LogP contribution in [0.15, 0.2) is 30.5 Å². The summed E-state index contributed by atoms with van der Waals surface area (Å²) in [5, 5.41) is 2.99. The number of pyridine rings is 1. The molecule has 1 aromatic carbocycles. The van der Waals surface area contributed by atoms with E-state index in [-0.39, 0.29) is 12.2 Å². The van der Waals surface area contributed by atoms with Crippen LogP contribution in [-0.2, 0) is 6.42 Å². The number of nitrogens with one attached hydrogen (secondary N) is 1. The Labute approximate surface area is 111 Å². The Morgan fingerprint density at radius 2 is 2.00 bits per heavy atom. The fraction of sp³-hybridized carbons (Fsp3) is 0.267. The van der Waals surface area contributed by atoms with E-state index in [9.17, 15) is 8.78 Å². The Balaban J connectivity index is 2.41. The lowest BCUT2D eigenvalue weighted by atomic mass is 10.0. The van der Waals surface area contributed by atoms with Gasteiger partial charge in [0, 0.05) is 25.2 Å². The molecule has 0 spiro atoms. The third-order valence-corrected chi connectivity index (χ3v) is 3.06. The van der Waals surface area contributed by atoms with Gasteiger partial charge in [-0.05, 0) is 41.8 Å². The molecule has 0 atom stereocenters. The summed E-state index contributed by atoms with van der Waals surface area (Å²) in [7, 11) is 1.81. The molecule has 1 heterocycles. The zero-order valence-electron chi connectivity index (χ0n) is 11.0. The van der Waals surface area contributed by atoms with Crippen molar-refractivity contribution in [3.05, 3.63) is 47.4 Å². The Morgan fingerprint density at radius 3 is 2.63 bits per heavy atom. The summed E-state index contributed by atoms with van der Waals surface area (Å²) in [6.45, 7) is 1.39. The summed E-state index contributed by atoms with van der Waals surface area (Å²) in [5.74, 6) is 0.452. The number of alkyl halides is 1. The van der Waals surface area contributed by atoms with Gasteiger partial charge in [-0.3, -0.25) is 4.39 Å². The summed E-state index contributed by atoms with van der Waals surface area (Å²) < 4.78 is 25.8. The van der Waals surface area contributed by atoms with Gasteiger partial charge in [0.1, 0.15) is 11.6 Å². The molecule has 19 heavy (non-hydrogen) atoms. The van der Waals surface area contributed by atoms with E-state index in [4.69, 9.17) is 0 Å². The van der Waals surface area contributed by atoms with E-state index >= 15 is 0 Å². The largest absolute Gasteiger partial charge is 0.373 e. The van der Waals surface area contributed by atoms with E-state index in [2.05, 4.69) is 10.3 Å². The van der Waals surface area contributed by atoms with Gasteiger partial charge in [-0.15, -0.1) is 0 Å². The first-order valence-electron chi connectivity index (χ1n) is 6.15. The molecule has 0 radical (unpaired) electrons. The third-order valence-electron chi connectivity index (χ3n) is 3.06. The molecule has 0 unspecified atom stereocenters. The maximum absolute atomic E-state index is 13.5. The minimum absolute atomic E-state index is 0.0979. The second kappa shape index (κ2) is 5.78. The molecule has 0 aliphatic carbocycles. The summed E-state index contributed by atoms with van der Waals surface area (Å²) in [5.41, 5.74) is 3.16. The lowest BCUT2D eigenvalue weighted by Gasteiger charge is -2.09. The van der Waals surface area contributed by atoms with Crippen LogP contribution < -0.4 is 5.32 Å². The minimum atomic E-state index is -0.559. The molecule has 0 saturated carbocycles. The lowest BCUT2D eigenvalue weighted by Crippen LogP contribution is -1.97. The van der Waals surface area contributed by atoms with Crippen molar-refractivity contribution in [3.63, 3.8) is 0 Å². The van der Waals surface area contributed by atoms with Crippen LogP contribution in [0, 0.1) is 12.7 Å². The van der Waals surface area contributed by atoms with Crippen LogP contribution in [0.4, 0.5) is 14.6 Å². The lowest BCUT2D eigenvalue weighted by molar-refractivity contribution is 0.485. The standard InChI is InChI=1S/C15H16F2N2/c1-10-7-13(9-19-15(10)18-2)11-3-4-14(17)12(8-11)5-6-16/h3-4,7-9H,5-6H2,1-2H3,(H,18,19). The molecular weight excluding hydrogens is 246 g/mol. The van der Waals surface area contributed by atoms with E-state index in [1.165, 1.54) is 6.07 Å². The first kappa shape index (κ1) is 13.5. The van der Waals surface area contributed by atoms with E-state index in [0.29, 0.717) is 5.56 Å². The molecule has 0 saturated heterocycles. The zero-order valence-corrected chi connectivity index (χ0v) is 11.0. The second-order valence-corrected chi connectivity index (χ2v) is 4.38. The van der Waals surface area contributed by atoms with Gasteiger partial charge in [0.2, 0.25) is 0 Å². The van der Waals surface area contributed by atoms with Gasteiger partial charge >= 0.3 is 0 Å². The van der Waals surface area contributed by atoms with Crippen molar-refractivity contribution in [1.82, 2.24) is 4.98 Å². The van der Waals surface area contributed by atoms with Gasteiger partial charge in [-0.1, -0.05) is 6.07 Å². The predicted molar refractivity (Wildman–Crippen MR) is 73.6 cm³/mol. The summed E-state index contributed by atoms with van der Waals surface area (Å²) in [6, 6.07) is 6.73. The van der Waals surface area contributed by atoms with Crippen LogP contribution in [-0.4, -0.2) is 18.7 Å². The van der Waals surface area contributed by atoms with Gasteiger partial charge in [0.25, 0.3) is 0 Å². The summed E-state index contributed by atoms with van der Waals surface area (Å²) in [4.78, 5) is 4.29. The van der Waals surface area contributed by atoms with Crippen LogP contribution in [0.3, 0.4) is 0 Å². The zero-order chi connectivity index (χ0) is 13.8. The van der Waals surface area contributed by atoms with Crippen molar-refractivity contribution < 1.29 is 8.78 Å². The van der Waals surface area contributed by atoms with E-state index in [1.807, 2.05) is 20.0 Å². The molecule has 0 fully saturated rings. The highest BCUT2D eigenvalue weighted by Crippen LogP contribution is 2.24. The number of aryl methyl sites for hydroxylation is 2. The molecule has 0 aliphatic rings. The van der Waals surface area contributed by atoms with Crippen molar-refractivity contribution in [2.24, 2.45) is 0 Å². The monoisotopic (exact) mass is 262 g/mol. The van der Waals surface area contributed by atoms with Gasteiger partial charge < -0.3 is 5.32 Å². The van der Waals surface area contributed by atoms with E-state index < -0.39 is 6.67 Å². The van der Waals surface area contributed by atoms with Crippen molar-refractivity contribution in [3.8, 4) is 11.1 Å². The van der Waals surface area contributed by atoms with Gasteiger partial charge in [-0.2, -0.15) is 0 Å². The molecule has 2 aromatic rings. The summed E-state index contributed by atoms with van der Waals surface area (Å²) >= 11 is 0. The average molecular weight is 262 g/mol. The van der Waals surface area contributed by atoms with Crippen molar-refractivity contribution in [2.45, 2.75) is 13.3 Å². The first-order valence-corrected chi connectivity index (χ1v) is 6.15. The van der Waals surface area contributed by atoms with Crippen LogP contribution in [0.5, 0.6) is 0 Å². The average Bonchev–Trinajstić information content (AvgIpc) is 2.41. The second-order valence-electron chi connectivity index (χ2n) is 4.38. The molecule has 100 valence electrons. The van der Waals surface area contributed by atoms with Crippen molar-refractivity contribution in [2.75, 3.05) is 19.0 Å². The SMILES string of the molecule is CNc1ncc(-c2ccc(F)c(CCF)c2)cc1C. The number of aromatic nitrogens is 1. The number of benzene rings is 1. The molecule has 2 rings (SSSR count). The number of anilines is 1. The molecule has 4 heteroatoms. The maximum Gasteiger partial charge on any atom is 0.128 e. The molecule has 1 aromatic heterocycles. The fourth-order valence-electron chi connectivity index (χ4n) is 2.04. The number of hydrogen-bond donors (Lipinski definition) is 1. The van der Waals surface area contributed by atoms with Crippen molar-refractivity contribution in [1.29, 1.82) is 0 Å². The minimum Gasteiger partial charge on any atom is -0.373 e. The Kier molecular flexibility index (Phi) is 4.10. The highest BCUT2D eigenvalue weighted by atomic mass is 19.1. The highest BCUT2D eigenvalue weighted by molar-refractivity contribution is 5.66. The van der Waals surface area contributed by atoms with E-state index in [0.717, 1.165) is 22.5 Å². The first-order chi connectivity index (χ1) is 9.15. The quantitative estimate of drug-likeness (QED) is 0.907. The molecule has 1 N–H and O–H groups in total. The third kappa shape index (κ3) is 2.89. The highest BCUT2D eigenvalue weighted by Gasteiger charge is 2.07. The Morgan fingerprint density at radius 1 is 1.21 bits per heavy atom. The molecule has 0 bridgehead atoms. The van der Waals surface area contributed by atoms with Crippen molar-refractivity contribution >= 4 is 5.82 Å². The van der Waals surface area contributed by atoms with Gasteiger partial charge in [0.15, 0.2) is 0 Å². The van der Waals surface area contributed by atoms with Gasteiger partial charge in [0.05, 0.1) is 6.67 Å².